The molecule has 0 aromatic rings. The molecule has 2 aliphatic carbocycles. The molecule has 1 atom stereocenters. The van der Waals surface area contributed by atoms with E-state index in [9.17, 15) is 14.4 Å². The molecule has 1 N–H and O–H groups in total. The van der Waals surface area contributed by atoms with Crippen molar-refractivity contribution in [2.45, 2.75) is 38.1 Å². The van der Waals surface area contributed by atoms with Gasteiger partial charge in [-0.2, -0.15) is 0 Å². The Hall–Kier alpha value is -1.85. The third-order valence-corrected chi connectivity index (χ3v) is 5.78. The summed E-state index contributed by atoms with van der Waals surface area (Å²) in [5, 5.41) is 2.61. The first kappa shape index (κ1) is 15.7. The van der Waals surface area contributed by atoms with E-state index >= 15 is 0 Å². The van der Waals surface area contributed by atoms with Gasteiger partial charge in [0.05, 0.1) is 12.0 Å². The number of likely N-dealkylation sites (tertiary alicyclic amines) is 2. The Bertz CT molecular complexity index is 587. The predicted octanol–water partition coefficient (Wildman–Crippen LogP) is 0.538. The molecule has 24 heavy (non-hydrogen) atoms. The van der Waals surface area contributed by atoms with Crippen molar-refractivity contribution < 1.29 is 14.4 Å². The van der Waals surface area contributed by atoms with Crippen LogP contribution in [0.4, 0.5) is 0 Å². The van der Waals surface area contributed by atoms with E-state index in [1.54, 1.807) is 11.9 Å². The lowest BCUT2D eigenvalue weighted by atomic mass is 10.0. The van der Waals surface area contributed by atoms with E-state index in [-0.39, 0.29) is 36.1 Å². The molecular formula is C18H25N3O3. The molecule has 6 heteroatoms. The largest absolute Gasteiger partial charge is 0.359 e. The van der Waals surface area contributed by atoms with E-state index in [2.05, 4.69) is 5.32 Å². The fourth-order valence-corrected chi connectivity index (χ4v) is 3.93. The number of hydrogen-bond donors (Lipinski definition) is 1. The molecular weight excluding hydrogens is 306 g/mol. The molecule has 0 radical (unpaired) electrons. The van der Waals surface area contributed by atoms with Gasteiger partial charge in [-0.15, -0.1) is 0 Å². The van der Waals surface area contributed by atoms with E-state index in [1.165, 1.54) is 31.3 Å². The second kappa shape index (κ2) is 5.90. The van der Waals surface area contributed by atoms with Crippen molar-refractivity contribution in [1.82, 2.24) is 15.1 Å². The van der Waals surface area contributed by atoms with E-state index < -0.39 is 0 Å². The number of carbonyl (C=O) groups excluding carboxylic acids is 3. The highest BCUT2D eigenvalue weighted by Gasteiger charge is 2.43. The fourth-order valence-electron chi connectivity index (χ4n) is 3.93. The molecule has 4 aliphatic rings. The summed E-state index contributed by atoms with van der Waals surface area (Å²) in [7, 11) is 1.60. The van der Waals surface area contributed by atoms with Crippen LogP contribution in [0.2, 0.25) is 0 Å². The van der Waals surface area contributed by atoms with Crippen LogP contribution in [-0.2, 0) is 14.4 Å². The maximum absolute atomic E-state index is 12.4. The number of nitrogens with zero attached hydrogens (tertiary/aromatic N) is 2. The molecule has 2 saturated heterocycles. The lowest BCUT2D eigenvalue weighted by Crippen LogP contribution is -2.61. The van der Waals surface area contributed by atoms with Gasteiger partial charge in [-0.3, -0.25) is 14.4 Å². The Morgan fingerprint density at radius 1 is 1.04 bits per heavy atom. The summed E-state index contributed by atoms with van der Waals surface area (Å²) < 4.78 is 0. The first-order valence-electron chi connectivity index (χ1n) is 9.08. The number of allylic oxidation sites excluding steroid dienone is 1. The summed E-state index contributed by atoms with van der Waals surface area (Å²) in [6.07, 6.45) is 7.12. The van der Waals surface area contributed by atoms with E-state index in [0.29, 0.717) is 31.5 Å². The summed E-state index contributed by atoms with van der Waals surface area (Å²) in [5.74, 6) is 1.14. The second-order valence-electron chi connectivity index (χ2n) is 7.65. The number of nitrogens with one attached hydrogen (secondary N) is 1. The first-order chi connectivity index (χ1) is 11.6. The normalized spacial score (nSPS) is 27.0. The highest BCUT2D eigenvalue weighted by Crippen LogP contribution is 2.48. The Morgan fingerprint density at radius 2 is 1.67 bits per heavy atom. The minimum Gasteiger partial charge on any atom is -0.359 e. The van der Waals surface area contributed by atoms with Crippen molar-refractivity contribution in [3.63, 3.8) is 0 Å². The monoisotopic (exact) mass is 331 g/mol. The highest BCUT2D eigenvalue weighted by atomic mass is 16.2. The average Bonchev–Trinajstić information content (AvgIpc) is 3.42. The van der Waals surface area contributed by atoms with Crippen LogP contribution in [0, 0.1) is 17.8 Å². The van der Waals surface area contributed by atoms with Crippen molar-refractivity contribution in [2.75, 3.05) is 26.7 Å². The standard InChI is InChI=1S/C18H25N3O3/c1-19-18(24)13-6-17(23)21(8-13)14-9-20(10-14)16(22)7-15(11-2-3-11)12-4-5-12/h7,11-14H,2-6,8-10H2,1H3,(H,19,24). The number of carbonyl (C=O) groups is 3. The van der Waals surface area contributed by atoms with Gasteiger partial charge < -0.3 is 15.1 Å². The molecule has 4 fully saturated rings. The Labute approximate surface area is 142 Å². The SMILES string of the molecule is CNC(=O)C1CC(=O)N(C2CN(C(=O)C=C(C3CC3)C3CC3)C2)C1. The van der Waals surface area contributed by atoms with Crippen molar-refractivity contribution in [3.05, 3.63) is 11.6 Å². The van der Waals surface area contributed by atoms with E-state index in [0.717, 1.165) is 0 Å². The lowest BCUT2D eigenvalue weighted by molar-refractivity contribution is -0.141. The average molecular weight is 331 g/mol. The maximum atomic E-state index is 12.4. The molecule has 0 spiro atoms. The highest BCUT2D eigenvalue weighted by molar-refractivity contribution is 5.91. The number of amides is 3. The summed E-state index contributed by atoms with van der Waals surface area (Å²) in [6.45, 7) is 1.69. The van der Waals surface area contributed by atoms with Crippen LogP contribution in [0.15, 0.2) is 11.6 Å². The molecule has 0 aromatic carbocycles. The van der Waals surface area contributed by atoms with Crippen LogP contribution in [0.5, 0.6) is 0 Å². The molecule has 6 nitrogen and oxygen atoms in total. The minimum atomic E-state index is -0.247. The molecule has 0 aromatic heterocycles. The minimum absolute atomic E-state index is 0.0351. The van der Waals surface area contributed by atoms with Gasteiger partial charge in [0.15, 0.2) is 0 Å². The summed E-state index contributed by atoms with van der Waals surface area (Å²) in [5.41, 5.74) is 1.38. The third-order valence-electron chi connectivity index (χ3n) is 5.78. The van der Waals surface area contributed by atoms with Gasteiger partial charge in [-0.1, -0.05) is 5.57 Å². The van der Waals surface area contributed by atoms with E-state index in [4.69, 9.17) is 0 Å². The zero-order chi connectivity index (χ0) is 16.8. The third kappa shape index (κ3) is 2.94. The Balaban J connectivity index is 1.31. The van der Waals surface area contributed by atoms with Crippen molar-refractivity contribution in [3.8, 4) is 0 Å². The van der Waals surface area contributed by atoms with Gasteiger partial charge in [0.1, 0.15) is 0 Å². The molecule has 2 heterocycles. The Kier molecular flexibility index (Phi) is 3.85. The van der Waals surface area contributed by atoms with Crippen LogP contribution in [0.1, 0.15) is 32.1 Å². The molecule has 2 saturated carbocycles. The zero-order valence-corrected chi connectivity index (χ0v) is 14.2. The van der Waals surface area contributed by atoms with Gasteiger partial charge in [-0.05, 0) is 37.5 Å². The Morgan fingerprint density at radius 3 is 2.21 bits per heavy atom. The maximum Gasteiger partial charge on any atom is 0.246 e. The molecule has 3 amide bonds. The van der Waals surface area contributed by atoms with E-state index in [1.807, 2.05) is 11.0 Å². The van der Waals surface area contributed by atoms with Crippen molar-refractivity contribution >= 4 is 17.7 Å². The van der Waals surface area contributed by atoms with Gasteiger partial charge >= 0.3 is 0 Å². The second-order valence-corrected chi connectivity index (χ2v) is 7.65. The van der Waals surface area contributed by atoms with Gasteiger partial charge in [0.25, 0.3) is 0 Å². The molecule has 130 valence electrons. The van der Waals surface area contributed by atoms with Crippen LogP contribution in [0.25, 0.3) is 0 Å². The molecule has 0 bridgehead atoms. The fraction of sp³-hybridized carbons (Fsp3) is 0.722. The topological polar surface area (TPSA) is 69.7 Å². The smallest absolute Gasteiger partial charge is 0.246 e. The van der Waals surface area contributed by atoms with Crippen molar-refractivity contribution in [2.24, 2.45) is 17.8 Å². The molecule has 2 aliphatic heterocycles. The van der Waals surface area contributed by atoms with Gasteiger partial charge in [0, 0.05) is 39.2 Å². The summed E-state index contributed by atoms with van der Waals surface area (Å²) in [6, 6.07) is 0.0785. The summed E-state index contributed by atoms with van der Waals surface area (Å²) in [4.78, 5) is 39.9. The molecule has 4 rings (SSSR count). The first-order valence-corrected chi connectivity index (χ1v) is 9.08. The predicted molar refractivity (Wildman–Crippen MR) is 87.8 cm³/mol. The van der Waals surface area contributed by atoms with Crippen LogP contribution in [0.3, 0.4) is 0 Å². The van der Waals surface area contributed by atoms with Crippen LogP contribution in [-0.4, -0.2) is 60.2 Å². The molecule has 1 unspecified atom stereocenters. The van der Waals surface area contributed by atoms with Crippen LogP contribution < -0.4 is 5.32 Å². The van der Waals surface area contributed by atoms with Gasteiger partial charge in [-0.25, -0.2) is 0 Å². The number of rotatable bonds is 5. The summed E-state index contributed by atoms with van der Waals surface area (Å²) >= 11 is 0. The quantitative estimate of drug-likeness (QED) is 0.748. The lowest BCUT2D eigenvalue weighted by Gasteiger charge is -2.43. The van der Waals surface area contributed by atoms with Crippen molar-refractivity contribution in [1.29, 1.82) is 0 Å². The number of hydrogen-bond acceptors (Lipinski definition) is 3. The van der Waals surface area contributed by atoms with Gasteiger partial charge in [0.2, 0.25) is 17.7 Å². The zero-order valence-electron chi connectivity index (χ0n) is 14.2. The van der Waals surface area contributed by atoms with Crippen LogP contribution >= 0.6 is 0 Å².